The van der Waals surface area contributed by atoms with E-state index in [1.165, 1.54) is 38.5 Å². The zero-order valence-electron chi connectivity index (χ0n) is 12.3. The van der Waals surface area contributed by atoms with Crippen LogP contribution in [0.1, 0.15) is 66.2 Å². The molecule has 0 aromatic rings. The Hall–Kier alpha value is 0.0649. The van der Waals surface area contributed by atoms with Crippen molar-refractivity contribution in [2.45, 2.75) is 77.9 Å². The van der Waals surface area contributed by atoms with Gasteiger partial charge in [0.1, 0.15) is 7.28 Å². The molecular weight excluding hydrogens is 203 g/mol. The predicted molar refractivity (Wildman–Crippen MR) is 77.6 cm³/mol. The minimum atomic E-state index is 0.918. The summed E-state index contributed by atoms with van der Waals surface area (Å²) in [4.78, 5) is 0. The van der Waals surface area contributed by atoms with Crippen LogP contribution in [0.3, 0.4) is 0 Å². The topological polar surface area (TPSA) is 0 Å². The van der Waals surface area contributed by atoms with Crippen molar-refractivity contribution in [1.82, 2.24) is 0 Å². The van der Waals surface area contributed by atoms with Gasteiger partial charge in [-0.15, -0.1) is 0 Å². The van der Waals surface area contributed by atoms with Gasteiger partial charge in [0.25, 0.3) is 0 Å². The first kappa shape index (κ1) is 13.5. The Kier molecular flexibility index (Phi) is 4.61. The van der Waals surface area contributed by atoms with Gasteiger partial charge in [-0.05, 0) is 30.1 Å². The molecule has 2 rings (SSSR count). The van der Waals surface area contributed by atoms with Crippen LogP contribution in [0.2, 0.25) is 11.6 Å². The van der Waals surface area contributed by atoms with Crippen molar-refractivity contribution in [1.29, 1.82) is 0 Å². The summed E-state index contributed by atoms with van der Waals surface area (Å²) in [6, 6.07) is 0. The van der Waals surface area contributed by atoms with Crippen LogP contribution in [0.25, 0.3) is 0 Å². The van der Waals surface area contributed by atoms with E-state index < -0.39 is 0 Å². The minimum absolute atomic E-state index is 0.918. The third-order valence-electron chi connectivity index (χ3n) is 5.25. The third-order valence-corrected chi connectivity index (χ3v) is 5.25. The van der Waals surface area contributed by atoms with Crippen LogP contribution in [0.5, 0.6) is 0 Å². The van der Waals surface area contributed by atoms with Crippen LogP contribution in [0, 0.1) is 23.7 Å². The van der Waals surface area contributed by atoms with Gasteiger partial charge in [-0.1, -0.05) is 71.4 Å². The summed E-state index contributed by atoms with van der Waals surface area (Å²) in [5.41, 5.74) is 0. The zero-order valence-corrected chi connectivity index (χ0v) is 12.3. The second-order valence-corrected chi connectivity index (χ2v) is 7.43. The standard InChI is InChI=1S/C16H30B/c1-11-5-6-14(4)16(10-11)17-15-8-12(2)7-13(3)9-15/h11-16H,5-10H2,1-4H3. The van der Waals surface area contributed by atoms with Crippen LogP contribution in [0.4, 0.5) is 0 Å². The van der Waals surface area contributed by atoms with E-state index in [4.69, 9.17) is 0 Å². The molecular formula is C16H30B. The minimum Gasteiger partial charge on any atom is -0.0681 e. The maximum atomic E-state index is 2.77. The fourth-order valence-corrected chi connectivity index (χ4v) is 4.36. The van der Waals surface area contributed by atoms with E-state index >= 15 is 0 Å². The molecule has 0 bridgehead atoms. The molecule has 5 atom stereocenters. The second-order valence-electron chi connectivity index (χ2n) is 7.43. The Morgan fingerprint density at radius 1 is 0.706 bits per heavy atom. The molecule has 2 aliphatic carbocycles. The molecule has 17 heavy (non-hydrogen) atoms. The summed E-state index contributed by atoms with van der Waals surface area (Å²) < 4.78 is 0. The van der Waals surface area contributed by atoms with Gasteiger partial charge in [0.05, 0.1) is 0 Å². The number of hydrogen-bond acceptors (Lipinski definition) is 0. The van der Waals surface area contributed by atoms with E-state index in [1.54, 1.807) is 0 Å². The summed E-state index contributed by atoms with van der Waals surface area (Å²) in [7, 11) is 2.77. The summed E-state index contributed by atoms with van der Waals surface area (Å²) in [5, 5.41) is 0. The fraction of sp³-hybridized carbons (Fsp3) is 1.00. The summed E-state index contributed by atoms with van der Waals surface area (Å²) >= 11 is 0. The lowest BCUT2D eigenvalue weighted by atomic mass is 9.44. The van der Waals surface area contributed by atoms with Crippen molar-refractivity contribution in [3.8, 4) is 0 Å². The molecule has 2 aliphatic rings. The van der Waals surface area contributed by atoms with Crippen molar-refractivity contribution in [3.63, 3.8) is 0 Å². The molecule has 0 aliphatic heterocycles. The molecule has 0 heterocycles. The molecule has 0 aromatic carbocycles. The van der Waals surface area contributed by atoms with Gasteiger partial charge in [-0.2, -0.15) is 0 Å². The van der Waals surface area contributed by atoms with Crippen molar-refractivity contribution in [2.24, 2.45) is 23.7 Å². The summed E-state index contributed by atoms with van der Waals surface area (Å²) in [6.07, 6.45) is 8.76. The van der Waals surface area contributed by atoms with Crippen LogP contribution in [-0.4, -0.2) is 7.28 Å². The molecule has 97 valence electrons. The Morgan fingerprint density at radius 2 is 1.35 bits per heavy atom. The Labute approximate surface area is 109 Å². The Morgan fingerprint density at radius 3 is 2.00 bits per heavy atom. The highest BCUT2D eigenvalue weighted by molar-refractivity contribution is 6.39. The highest BCUT2D eigenvalue weighted by Gasteiger charge is 2.31. The average Bonchev–Trinajstić information content (AvgIpc) is 2.22. The van der Waals surface area contributed by atoms with Gasteiger partial charge >= 0.3 is 0 Å². The number of rotatable bonds is 2. The van der Waals surface area contributed by atoms with Crippen molar-refractivity contribution >= 4 is 7.28 Å². The van der Waals surface area contributed by atoms with E-state index in [2.05, 4.69) is 35.0 Å². The Balaban J connectivity index is 1.86. The van der Waals surface area contributed by atoms with Gasteiger partial charge < -0.3 is 0 Å². The fourth-order valence-electron chi connectivity index (χ4n) is 4.36. The van der Waals surface area contributed by atoms with Crippen LogP contribution in [-0.2, 0) is 0 Å². The predicted octanol–water partition coefficient (Wildman–Crippen LogP) is 5.18. The molecule has 2 fully saturated rings. The SMILES string of the molecule is CC1CC(C)CC([B]C2CC(C)CCC2C)C1. The normalized spacial score (nSPS) is 47.8. The van der Waals surface area contributed by atoms with Gasteiger partial charge in [0.2, 0.25) is 0 Å². The van der Waals surface area contributed by atoms with Gasteiger partial charge in [-0.3, -0.25) is 0 Å². The Bertz CT molecular complexity index is 228. The lowest BCUT2D eigenvalue weighted by Crippen LogP contribution is -2.27. The first-order chi connectivity index (χ1) is 8.04. The molecule has 2 saturated carbocycles. The van der Waals surface area contributed by atoms with E-state index in [-0.39, 0.29) is 0 Å². The largest absolute Gasteiger partial charge is 0.118 e. The first-order valence-electron chi connectivity index (χ1n) is 7.89. The first-order valence-corrected chi connectivity index (χ1v) is 7.89. The van der Waals surface area contributed by atoms with Crippen LogP contribution >= 0.6 is 0 Å². The van der Waals surface area contributed by atoms with E-state index in [1.807, 2.05) is 0 Å². The van der Waals surface area contributed by atoms with Gasteiger partial charge in [0, 0.05) is 0 Å². The smallest absolute Gasteiger partial charge is 0.0681 e. The molecule has 1 heteroatoms. The quantitative estimate of drug-likeness (QED) is 0.576. The maximum absolute atomic E-state index is 2.77. The molecule has 0 saturated heterocycles. The van der Waals surface area contributed by atoms with Crippen LogP contribution < -0.4 is 0 Å². The molecule has 0 amide bonds. The van der Waals surface area contributed by atoms with Crippen LogP contribution in [0.15, 0.2) is 0 Å². The summed E-state index contributed by atoms with van der Waals surface area (Å²) in [6.45, 7) is 9.81. The molecule has 1 radical (unpaired) electrons. The summed E-state index contributed by atoms with van der Waals surface area (Å²) in [5.74, 6) is 5.66. The van der Waals surface area contributed by atoms with E-state index in [0.29, 0.717) is 0 Å². The van der Waals surface area contributed by atoms with Gasteiger partial charge in [-0.25, -0.2) is 0 Å². The van der Waals surface area contributed by atoms with Crippen molar-refractivity contribution in [3.05, 3.63) is 0 Å². The second kappa shape index (κ2) is 5.80. The average molecular weight is 233 g/mol. The highest BCUT2D eigenvalue weighted by atomic mass is 14.3. The monoisotopic (exact) mass is 233 g/mol. The number of hydrogen-bond donors (Lipinski definition) is 0. The van der Waals surface area contributed by atoms with Gasteiger partial charge in [0.15, 0.2) is 0 Å². The lowest BCUT2D eigenvalue weighted by Gasteiger charge is -2.38. The maximum Gasteiger partial charge on any atom is 0.118 e. The lowest BCUT2D eigenvalue weighted by molar-refractivity contribution is 0.282. The molecule has 5 unspecified atom stereocenters. The molecule has 0 spiro atoms. The molecule has 0 aromatic heterocycles. The molecule has 0 N–H and O–H groups in total. The molecule has 0 nitrogen and oxygen atoms in total. The van der Waals surface area contributed by atoms with E-state index in [0.717, 1.165) is 35.3 Å². The van der Waals surface area contributed by atoms with Crippen molar-refractivity contribution in [2.75, 3.05) is 0 Å². The zero-order chi connectivity index (χ0) is 12.4. The van der Waals surface area contributed by atoms with Crippen molar-refractivity contribution < 1.29 is 0 Å². The third kappa shape index (κ3) is 3.76. The highest BCUT2D eigenvalue weighted by Crippen LogP contribution is 2.43. The van der Waals surface area contributed by atoms with E-state index in [9.17, 15) is 0 Å².